The second kappa shape index (κ2) is 7.24. The second-order valence-electron chi connectivity index (χ2n) is 6.98. The number of ketones is 1. The van der Waals surface area contributed by atoms with Crippen LogP contribution in [0, 0.1) is 11.8 Å². The molecule has 0 radical (unpaired) electrons. The lowest BCUT2D eigenvalue weighted by atomic mass is 9.79. The standard InChI is InChI=1S/C20H28O/c21-20-18-12-7-5-3-1-2-4-6-10-16(18)14-15-17-11-8-9-13-19(17)20/h8-9,11,13,16,18H,1-7,10,12,14-15H2. The van der Waals surface area contributed by atoms with E-state index in [9.17, 15) is 4.79 Å². The first kappa shape index (κ1) is 14.8. The maximum Gasteiger partial charge on any atom is 0.166 e. The Kier molecular flexibility index (Phi) is 5.11. The molecule has 2 aliphatic carbocycles. The van der Waals surface area contributed by atoms with Crippen molar-refractivity contribution in [2.75, 3.05) is 0 Å². The van der Waals surface area contributed by atoms with Gasteiger partial charge in [0, 0.05) is 11.5 Å². The van der Waals surface area contributed by atoms with Crippen LogP contribution in [0.3, 0.4) is 0 Å². The Labute approximate surface area is 129 Å². The van der Waals surface area contributed by atoms with Gasteiger partial charge >= 0.3 is 0 Å². The van der Waals surface area contributed by atoms with Crippen molar-refractivity contribution < 1.29 is 4.79 Å². The lowest BCUT2D eigenvalue weighted by Gasteiger charge is -2.24. The number of carbonyl (C=O) groups is 1. The van der Waals surface area contributed by atoms with E-state index in [1.165, 1.54) is 63.4 Å². The summed E-state index contributed by atoms with van der Waals surface area (Å²) in [7, 11) is 0. The third-order valence-electron chi connectivity index (χ3n) is 5.56. The van der Waals surface area contributed by atoms with Crippen LogP contribution in [-0.4, -0.2) is 5.78 Å². The molecule has 0 spiro atoms. The largest absolute Gasteiger partial charge is 0.294 e. The predicted octanol–water partition coefficient (Wildman–Crippen LogP) is 5.57. The average Bonchev–Trinajstić information content (AvgIpc) is 2.67. The topological polar surface area (TPSA) is 17.1 Å². The van der Waals surface area contributed by atoms with Crippen molar-refractivity contribution in [2.45, 2.75) is 70.6 Å². The molecule has 0 bridgehead atoms. The van der Waals surface area contributed by atoms with Gasteiger partial charge in [-0.2, -0.15) is 0 Å². The summed E-state index contributed by atoms with van der Waals surface area (Å²) in [5.74, 6) is 1.38. The van der Waals surface area contributed by atoms with Gasteiger partial charge in [-0.3, -0.25) is 4.79 Å². The van der Waals surface area contributed by atoms with Crippen LogP contribution in [0.4, 0.5) is 0 Å². The number of benzene rings is 1. The Morgan fingerprint density at radius 2 is 1.43 bits per heavy atom. The molecule has 1 saturated carbocycles. The smallest absolute Gasteiger partial charge is 0.166 e. The van der Waals surface area contributed by atoms with Crippen LogP contribution in [0.2, 0.25) is 0 Å². The number of carbonyl (C=O) groups excluding carboxylic acids is 1. The Balaban J connectivity index is 1.82. The van der Waals surface area contributed by atoms with Gasteiger partial charge in [0.25, 0.3) is 0 Å². The Morgan fingerprint density at radius 1 is 0.762 bits per heavy atom. The van der Waals surface area contributed by atoms with Gasteiger partial charge in [-0.15, -0.1) is 0 Å². The van der Waals surface area contributed by atoms with Gasteiger partial charge in [0.05, 0.1) is 0 Å². The summed E-state index contributed by atoms with van der Waals surface area (Å²) in [6.45, 7) is 0. The zero-order valence-electron chi connectivity index (χ0n) is 13.2. The Bertz CT molecular complexity index is 476. The highest BCUT2D eigenvalue weighted by Gasteiger charge is 2.32. The zero-order chi connectivity index (χ0) is 14.5. The van der Waals surface area contributed by atoms with Crippen molar-refractivity contribution in [3.8, 4) is 0 Å². The Hall–Kier alpha value is -1.11. The lowest BCUT2D eigenvalue weighted by molar-refractivity contribution is 0.0854. The van der Waals surface area contributed by atoms with E-state index in [0.29, 0.717) is 17.6 Å². The van der Waals surface area contributed by atoms with Crippen molar-refractivity contribution in [3.05, 3.63) is 35.4 Å². The van der Waals surface area contributed by atoms with Crippen LogP contribution in [0.25, 0.3) is 0 Å². The molecular formula is C20H28O. The summed E-state index contributed by atoms with van der Waals surface area (Å²) in [5, 5.41) is 0. The molecule has 0 aromatic heterocycles. The molecule has 1 fully saturated rings. The molecule has 1 aromatic rings. The maximum absolute atomic E-state index is 13.0. The van der Waals surface area contributed by atoms with Gasteiger partial charge in [-0.25, -0.2) is 0 Å². The molecule has 2 aliphatic rings. The summed E-state index contributed by atoms with van der Waals surface area (Å²) in [5.41, 5.74) is 2.32. The highest BCUT2D eigenvalue weighted by Crippen LogP contribution is 2.36. The molecule has 0 N–H and O–H groups in total. The first-order valence-electron chi connectivity index (χ1n) is 8.98. The van der Waals surface area contributed by atoms with E-state index in [1.54, 1.807) is 0 Å². The first-order chi connectivity index (χ1) is 10.4. The minimum atomic E-state index is 0.298. The van der Waals surface area contributed by atoms with E-state index in [0.717, 1.165) is 18.4 Å². The van der Waals surface area contributed by atoms with Crippen molar-refractivity contribution in [2.24, 2.45) is 11.8 Å². The van der Waals surface area contributed by atoms with Gasteiger partial charge in [0.15, 0.2) is 5.78 Å². The molecule has 3 rings (SSSR count). The molecule has 0 amide bonds. The molecule has 1 nitrogen and oxygen atoms in total. The van der Waals surface area contributed by atoms with Gasteiger partial charge in [-0.1, -0.05) is 69.2 Å². The average molecular weight is 284 g/mol. The highest BCUT2D eigenvalue weighted by atomic mass is 16.1. The van der Waals surface area contributed by atoms with Gasteiger partial charge in [0.1, 0.15) is 0 Å². The van der Waals surface area contributed by atoms with E-state index in [1.807, 2.05) is 6.07 Å². The zero-order valence-corrected chi connectivity index (χ0v) is 13.2. The molecule has 0 saturated heterocycles. The lowest BCUT2D eigenvalue weighted by Crippen LogP contribution is -2.23. The minimum Gasteiger partial charge on any atom is -0.294 e. The normalized spacial score (nSPS) is 27.9. The van der Waals surface area contributed by atoms with E-state index >= 15 is 0 Å². The maximum atomic E-state index is 13.0. The summed E-state index contributed by atoms with van der Waals surface area (Å²) >= 11 is 0. The molecule has 1 heteroatoms. The van der Waals surface area contributed by atoms with Crippen LogP contribution in [0.1, 0.15) is 80.1 Å². The monoisotopic (exact) mass is 284 g/mol. The summed E-state index contributed by atoms with van der Waals surface area (Å²) in [6, 6.07) is 8.34. The number of aryl methyl sites for hydroxylation is 1. The Morgan fingerprint density at radius 3 is 2.24 bits per heavy atom. The fourth-order valence-electron chi connectivity index (χ4n) is 4.30. The third-order valence-corrected chi connectivity index (χ3v) is 5.56. The second-order valence-corrected chi connectivity index (χ2v) is 6.98. The fraction of sp³-hybridized carbons (Fsp3) is 0.650. The molecule has 21 heavy (non-hydrogen) atoms. The molecule has 114 valence electrons. The van der Waals surface area contributed by atoms with Crippen molar-refractivity contribution in [1.29, 1.82) is 0 Å². The quantitative estimate of drug-likeness (QED) is 0.608. The van der Waals surface area contributed by atoms with Crippen LogP contribution < -0.4 is 0 Å². The number of hydrogen-bond donors (Lipinski definition) is 0. The van der Waals surface area contributed by atoms with Gasteiger partial charge in [0.2, 0.25) is 0 Å². The number of rotatable bonds is 0. The summed E-state index contributed by atoms with van der Waals surface area (Å²) in [4.78, 5) is 13.0. The third kappa shape index (κ3) is 3.56. The fourth-order valence-corrected chi connectivity index (χ4v) is 4.30. The molecule has 0 aliphatic heterocycles. The number of hydrogen-bond acceptors (Lipinski definition) is 1. The minimum absolute atomic E-state index is 0.298. The van der Waals surface area contributed by atoms with E-state index in [-0.39, 0.29) is 0 Å². The summed E-state index contributed by atoms with van der Waals surface area (Å²) in [6.07, 6.45) is 14.1. The number of Topliss-reactive ketones (excluding diaryl/α,β-unsaturated/α-hetero) is 1. The molecule has 2 unspecified atom stereocenters. The summed E-state index contributed by atoms with van der Waals surface area (Å²) < 4.78 is 0. The van der Waals surface area contributed by atoms with Gasteiger partial charge < -0.3 is 0 Å². The predicted molar refractivity (Wildman–Crippen MR) is 87.6 cm³/mol. The van der Waals surface area contributed by atoms with E-state index < -0.39 is 0 Å². The van der Waals surface area contributed by atoms with Crippen LogP contribution in [0.5, 0.6) is 0 Å². The molecular weight excluding hydrogens is 256 g/mol. The van der Waals surface area contributed by atoms with Gasteiger partial charge in [-0.05, 0) is 37.2 Å². The SMILES string of the molecule is O=C1c2ccccc2CCC2CCCCCCCCCC12. The van der Waals surface area contributed by atoms with E-state index in [4.69, 9.17) is 0 Å². The molecule has 1 aromatic carbocycles. The molecule has 2 atom stereocenters. The van der Waals surface area contributed by atoms with Crippen LogP contribution >= 0.6 is 0 Å². The van der Waals surface area contributed by atoms with Crippen molar-refractivity contribution in [1.82, 2.24) is 0 Å². The van der Waals surface area contributed by atoms with Crippen molar-refractivity contribution >= 4 is 5.78 Å². The van der Waals surface area contributed by atoms with Crippen LogP contribution in [-0.2, 0) is 6.42 Å². The number of fused-ring (bicyclic) bond motifs is 2. The first-order valence-corrected chi connectivity index (χ1v) is 8.98. The van der Waals surface area contributed by atoms with Crippen LogP contribution in [0.15, 0.2) is 24.3 Å². The van der Waals surface area contributed by atoms with E-state index in [2.05, 4.69) is 18.2 Å². The molecule has 0 heterocycles. The van der Waals surface area contributed by atoms with Crippen molar-refractivity contribution in [3.63, 3.8) is 0 Å². The highest BCUT2D eigenvalue weighted by molar-refractivity contribution is 5.99.